The van der Waals surface area contributed by atoms with Gasteiger partial charge in [-0.3, -0.25) is 4.72 Å². The first-order valence-electron chi connectivity index (χ1n) is 4.12. The molecule has 0 saturated heterocycles. The predicted octanol–water partition coefficient (Wildman–Crippen LogP) is 1.73. The number of hydrogen-bond donors (Lipinski definition) is 3. The minimum Gasteiger partial charge on any atom is -0.475 e. The van der Waals surface area contributed by atoms with Crippen LogP contribution in [0.25, 0.3) is 0 Å². The maximum atomic E-state index is 10.6. The van der Waals surface area contributed by atoms with Gasteiger partial charge in [-0.25, -0.2) is 9.59 Å². The minimum absolute atomic E-state index is 0.442. The van der Waals surface area contributed by atoms with Crippen LogP contribution >= 0.6 is 11.9 Å². The van der Waals surface area contributed by atoms with Crippen molar-refractivity contribution < 1.29 is 27.9 Å². The van der Waals surface area contributed by atoms with Gasteiger partial charge in [-0.1, -0.05) is 13.8 Å². The molecule has 96 valence electrons. The number of rotatable bonds is 3. The Morgan fingerprint density at radius 2 is 1.88 bits per heavy atom. The fraction of sp³-hybridized carbons (Fsp3) is 0.714. The number of aliphatic carboxylic acids is 1. The Balaban J connectivity index is 0. The van der Waals surface area contributed by atoms with Gasteiger partial charge in [0.1, 0.15) is 0 Å². The molecule has 0 radical (unpaired) electrons. The number of nitrogens with two attached hydrogens (primary N) is 1. The topological polar surface area (TPSA) is 92.4 Å². The summed E-state index contributed by atoms with van der Waals surface area (Å²) in [6.07, 6.45) is -4.05. The third kappa shape index (κ3) is 12.9. The van der Waals surface area contributed by atoms with Crippen molar-refractivity contribution in [1.29, 1.82) is 0 Å². The van der Waals surface area contributed by atoms with Crippen molar-refractivity contribution >= 4 is 23.9 Å². The molecule has 0 aromatic heterocycles. The number of nitrogens with one attached hydrogen (secondary N) is 1. The van der Waals surface area contributed by atoms with Gasteiger partial charge in [-0.05, 0) is 18.4 Å². The summed E-state index contributed by atoms with van der Waals surface area (Å²) in [6, 6.07) is -0.472. The Morgan fingerprint density at radius 1 is 1.50 bits per heavy atom. The number of amides is 2. The summed E-state index contributed by atoms with van der Waals surface area (Å²) >= 11 is 1.36. The van der Waals surface area contributed by atoms with Crippen molar-refractivity contribution in [3.05, 3.63) is 0 Å². The number of alkyl halides is 3. The van der Waals surface area contributed by atoms with Gasteiger partial charge in [0, 0.05) is 5.25 Å². The predicted molar refractivity (Wildman–Crippen MR) is 53.8 cm³/mol. The van der Waals surface area contributed by atoms with Crippen molar-refractivity contribution in [3.63, 3.8) is 0 Å². The highest BCUT2D eigenvalue weighted by atomic mass is 32.2. The van der Waals surface area contributed by atoms with E-state index in [1.807, 2.05) is 6.92 Å². The maximum Gasteiger partial charge on any atom is 0.490 e. The van der Waals surface area contributed by atoms with E-state index in [2.05, 4.69) is 11.6 Å². The molecule has 0 aromatic carbocycles. The fourth-order valence-corrected chi connectivity index (χ4v) is 0.726. The van der Waals surface area contributed by atoms with Gasteiger partial charge < -0.3 is 10.8 Å². The molecule has 1 atom stereocenters. The molecular weight excluding hydrogens is 249 g/mol. The molecule has 9 heteroatoms. The Morgan fingerprint density at radius 3 is 2.06 bits per heavy atom. The number of carbonyl (C=O) groups is 2. The zero-order valence-electron chi connectivity index (χ0n) is 8.67. The first-order chi connectivity index (χ1) is 7.11. The van der Waals surface area contributed by atoms with Crippen LogP contribution in [0.3, 0.4) is 0 Å². The summed E-state index contributed by atoms with van der Waals surface area (Å²) in [7, 11) is 0. The largest absolute Gasteiger partial charge is 0.490 e. The van der Waals surface area contributed by atoms with Crippen LogP contribution in [0, 0.1) is 0 Å². The average Bonchev–Trinajstić information content (AvgIpc) is 2.13. The zero-order chi connectivity index (χ0) is 13.4. The van der Waals surface area contributed by atoms with Crippen LogP contribution in [0.1, 0.15) is 20.3 Å². The van der Waals surface area contributed by atoms with Gasteiger partial charge in [0.25, 0.3) is 0 Å². The molecular formula is C7H13F3N2O3S. The first-order valence-corrected chi connectivity index (χ1v) is 5.00. The molecule has 0 rings (SSSR count). The second-order valence-electron chi connectivity index (χ2n) is 2.61. The van der Waals surface area contributed by atoms with E-state index < -0.39 is 18.2 Å². The molecule has 0 aromatic rings. The van der Waals surface area contributed by atoms with E-state index in [9.17, 15) is 18.0 Å². The summed E-state index contributed by atoms with van der Waals surface area (Å²) in [5.74, 6) is -2.76. The highest BCUT2D eigenvalue weighted by molar-refractivity contribution is 7.98. The summed E-state index contributed by atoms with van der Waals surface area (Å²) in [6.45, 7) is 4.08. The highest BCUT2D eigenvalue weighted by Crippen LogP contribution is 2.13. The molecule has 0 aliphatic heterocycles. The van der Waals surface area contributed by atoms with Gasteiger partial charge in [0.15, 0.2) is 0 Å². The van der Waals surface area contributed by atoms with Crippen molar-refractivity contribution in [2.24, 2.45) is 5.73 Å². The first kappa shape index (κ1) is 17.3. The number of primary amides is 1. The lowest BCUT2D eigenvalue weighted by atomic mass is 10.4. The Bertz CT molecular complexity index is 235. The molecule has 0 bridgehead atoms. The van der Waals surface area contributed by atoms with Crippen LogP contribution in [-0.2, 0) is 4.79 Å². The van der Waals surface area contributed by atoms with Crippen LogP contribution in [0.15, 0.2) is 0 Å². The highest BCUT2D eigenvalue weighted by Gasteiger charge is 2.38. The lowest BCUT2D eigenvalue weighted by Gasteiger charge is -2.05. The number of hydrogen-bond acceptors (Lipinski definition) is 3. The standard InChI is InChI=1S/C5H12N2OS.C2HF3O2/c1-3-4(2)9-7-5(6)8;3-2(4,5)1(6)7/h4H,3H2,1-2H3,(H3,6,7,8);(H,6,7). The molecule has 16 heavy (non-hydrogen) atoms. The van der Waals surface area contributed by atoms with E-state index in [1.165, 1.54) is 11.9 Å². The van der Waals surface area contributed by atoms with E-state index in [1.54, 1.807) is 0 Å². The third-order valence-electron chi connectivity index (χ3n) is 1.18. The average molecular weight is 262 g/mol. The Hall–Kier alpha value is -1.12. The summed E-state index contributed by atoms with van der Waals surface area (Å²) in [5, 5.41) is 7.57. The van der Waals surface area contributed by atoms with Gasteiger partial charge in [-0.2, -0.15) is 13.2 Å². The number of carbonyl (C=O) groups excluding carboxylic acids is 1. The SMILES string of the molecule is CCC(C)SNC(N)=O.O=C(O)C(F)(F)F. The van der Waals surface area contributed by atoms with Crippen LogP contribution in [0.2, 0.25) is 0 Å². The fourth-order valence-electron chi connectivity index (χ4n) is 0.242. The number of carboxylic acid groups (broad SMARTS) is 1. The molecule has 5 nitrogen and oxygen atoms in total. The van der Waals surface area contributed by atoms with Gasteiger partial charge in [0.2, 0.25) is 0 Å². The van der Waals surface area contributed by atoms with Gasteiger partial charge in [0.05, 0.1) is 0 Å². The molecule has 1 unspecified atom stereocenters. The van der Waals surface area contributed by atoms with E-state index in [-0.39, 0.29) is 0 Å². The second kappa shape index (κ2) is 8.08. The normalized spacial score (nSPS) is 12.1. The van der Waals surface area contributed by atoms with Gasteiger partial charge in [-0.15, -0.1) is 0 Å². The van der Waals surface area contributed by atoms with Crippen molar-refractivity contribution in [3.8, 4) is 0 Å². The van der Waals surface area contributed by atoms with Crippen LogP contribution in [-0.4, -0.2) is 28.5 Å². The van der Waals surface area contributed by atoms with Crippen molar-refractivity contribution in [1.82, 2.24) is 4.72 Å². The van der Waals surface area contributed by atoms with Crippen molar-refractivity contribution in [2.45, 2.75) is 31.7 Å². The molecule has 0 fully saturated rings. The summed E-state index contributed by atoms with van der Waals surface area (Å²) < 4.78 is 34.2. The molecule has 0 aliphatic carbocycles. The summed E-state index contributed by atoms with van der Waals surface area (Å²) in [4.78, 5) is 19.0. The zero-order valence-corrected chi connectivity index (χ0v) is 9.48. The monoisotopic (exact) mass is 262 g/mol. The van der Waals surface area contributed by atoms with Crippen LogP contribution < -0.4 is 10.5 Å². The lowest BCUT2D eigenvalue weighted by Crippen LogP contribution is -2.24. The molecule has 2 amide bonds. The number of halogens is 3. The molecule has 0 aliphatic rings. The molecule has 0 spiro atoms. The smallest absolute Gasteiger partial charge is 0.475 e. The minimum atomic E-state index is -5.08. The van der Waals surface area contributed by atoms with E-state index >= 15 is 0 Å². The second-order valence-corrected chi connectivity index (χ2v) is 3.85. The Kier molecular flexibility index (Phi) is 8.73. The van der Waals surface area contributed by atoms with Crippen molar-refractivity contribution in [2.75, 3.05) is 0 Å². The molecule has 4 N–H and O–H groups in total. The molecule has 0 saturated carbocycles. The number of urea groups is 1. The van der Waals surface area contributed by atoms with E-state index in [0.717, 1.165) is 6.42 Å². The quantitative estimate of drug-likeness (QED) is 0.675. The van der Waals surface area contributed by atoms with Gasteiger partial charge >= 0.3 is 18.2 Å². The number of carboxylic acids is 1. The van der Waals surface area contributed by atoms with E-state index in [0.29, 0.717) is 5.25 Å². The molecule has 0 heterocycles. The van der Waals surface area contributed by atoms with E-state index in [4.69, 9.17) is 15.6 Å². The third-order valence-corrected chi connectivity index (χ3v) is 2.23. The summed E-state index contributed by atoms with van der Waals surface area (Å²) in [5.41, 5.74) is 4.82. The maximum absolute atomic E-state index is 10.6. The van der Waals surface area contributed by atoms with Crippen LogP contribution in [0.5, 0.6) is 0 Å². The Labute approximate surface area is 94.7 Å². The lowest BCUT2D eigenvalue weighted by molar-refractivity contribution is -0.192. The van der Waals surface area contributed by atoms with Crippen LogP contribution in [0.4, 0.5) is 18.0 Å².